The van der Waals surface area contributed by atoms with Crippen LogP contribution in [0.4, 0.5) is 5.95 Å². The van der Waals surface area contributed by atoms with Gasteiger partial charge in [0.25, 0.3) is 5.91 Å². The highest BCUT2D eigenvalue weighted by Crippen LogP contribution is 2.37. The first-order valence-electron chi connectivity index (χ1n) is 10.2. The Morgan fingerprint density at radius 3 is 2.63 bits per heavy atom. The van der Waals surface area contributed by atoms with Crippen molar-refractivity contribution in [3.63, 3.8) is 0 Å². The lowest BCUT2D eigenvalue weighted by atomic mass is 10.2. The van der Waals surface area contributed by atoms with E-state index >= 15 is 0 Å². The number of aromatic nitrogens is 5. The Kier molecular flexibility index (Phi) is 4.90. The van der Waals surface area contributed by atoms with Crippen molar-refractivity contribution in [2.24, 2.45) is 0 Å². The number of nitrogens with zero attached hydrogens (tertiary/aromatic N) is 6. The second kappa shape index (κ2) is 7.71. The van der Waals surface area contributed by atoms with Crippen LogP contribution < -0.4 is 10.2 Å². The molecular weight excluding hydrogens is 398 g/mol. The molecule has 0 aromatic carbocycles. The lowest BCUT2D eigenvalue weighted by Gasteiger charge is -2.17. The molecule has 3 aromatic heterocycles. The van der Waals surface area contributed by atoms with E-state index in [2.05, 4.69) is 30.2 Å². The van der Waals surface area contributed by atoms with Crippen LogP contribution in [0.3, 0.4) is 0 Å². The molecule has 2 aliphatic rings. The van der Waals surface area contributed by atoms with Crippen molar-refractivity contribution in [3.8, 4) is 10.6 Å². The molecule has 1 amide bonds. The fourth-order valence-electron chi connectivity index (χ4n) is 3.73. The van der Waals surface area contributed by atoms with Gasteiger partial charge in [-0.05, 0) is 39.2 Å². The Bertz CT molecular complexity index is 1080. The number of carbonyl (C=O) groups is 1. The number of nitrogens with one attached hydrogen (secondary N) is 1. The Morgan fingerprint density at radius 2 is 1.93 bits per heavy atom. The highest BCUT2D eigenvalue weighted by atomic mass is 32.1. The summed E-state index contributed by atoms with van der Waals surface area (Å²) in [4.78, 5) is 38.1. The average molecular weight is 422 g/mol. The fourth-order valence-corrected chi connectivity index (χ4v) is 4.62. The van der Waals surface area contributed by atoms with Crippen LogP contribution in [0.2, 0.25) is 0 Å². The van der Waals surface area contributed by atoms with E-state index in [1.54, 1.807) is 29.9 Å². The molecule has 1 atom stereocenters. The summed E-state index contributed by atoms with van der Waals surface area (Å²) in [5, 5.41) is 4.12. The number of carbonyl (C=O) groups excluding carboxylic acids is 1. The SMILES string of the molecule is Cc1nc(C)c(-c2ccnc(N3CCC(NC(=O)c4cnc(C5CC5)nc4)C3)n2)s1. The Hall–Kier alpha value is -2.94. The first-order chi connectivity index (χ1) is 14.6. The molecule has 0 radical (unpaired) electrons. The van der Waals surface area contributed by atoms with Gasteiger partial charge >= 0.3 is 0 Å². The van der Waals surface area contributed by atoms with Gasteiger partial charge in [0.15, 0.2) is 0 Å². The topological polar surface area (TPSA) is 96.8 Å². The van der Waals surface area contributed by atoms with Crippen LogP contribution in [0.25, 0.3) is 10.6 Å². The fraction of sp³-hybridized carbons (Fsp3) is 0.429. The molecule has 1 N–H and O–H groups in total. The van der Waals surface area contributed by atoms with Gasteiger partial charge in [0.1, 0.15) is 5.82 Å². The summed E-state index contributed by atoms with van der Waals surface area (Å²) in [7, 11) is 0. The van der Waals surface area contributed by atoms with Gasteiger partial charge in [0.2, 0.25) is 5.95 Å². The van der Waals surface area contributed by atoms with Gasteiger partial charge in [-0.1, -0.05) is 0 Å². The summed E-state index contributed by atoms with van der Waals surface area (Å²) in [6.45, 7) is 5.48. The van der Waals surface area contributed by atoms with E-state index in [1.165, 1.54) is 0 Å². The molecule has 9 heteroatoms. The molecule has 30 heavy (non-hydrogen) atoms. The number of amides is 1. The summed E-state index contributed by atoms with van der Waals surface area (Å²) >= 11 is 1.64. The normalized spacial score (nSPS) is 18.6. The van der Waals surface area contributed by atoms with E-state index in [9.17, 15) is 4.79 Å². The number of anilines is 1. The van der Waals surface area contributed by atoms with Gasteiger partial charge in [0.05, 0.1) is 26.8 Å². The van der Waals surface area contributed by atoms with Crippen molar-refractivity contribution < 1.29 is 4.79 Å². The maximum atomic E-state index is 12.6. The van der Waals surface area contributed by atoms with Gasteiger partial charge in [-0.2, -0.15) is 0 Å². The van der Waals surface area contributed by atoms with Crippen molar-refractivity contribution in [1.82, 2.24) is 30.2 Å². The number of aryl methyl sites for hydroxylation is 2. The van der Waals surface area contributed by atoms with Crippen molar-refractivity contribution >= 4 is 23.2 Å². The molecule has 8 nitrogen and oxygen atoms in total. The van der Waals surface area contributed by atoms with E-state index < -0.39 is 0 Å². The average Bonchev–Trinajstić information content (AvgIpc) is 3.41. The molecule has 4 heterocycles. The zero-order valence-corrected chi connectivity index (χ0v) is 17.8. The van der Waals surface area contributed by atoms with Crippen molar-refractivity contribution in [2.45, 2.75) is 45.1 Å². The summed E-state index contributed by atoms with van der Waals surface area (Å²) in [6.07, 6.45) is 8.20. The van der Waals surface area contributed by atoms with E-state index in [1.807, 2.05) is 19.9 Å². The first-order valence-corrected chi connectivity index (χ1v) is 11.0. The summed E-state index contributed by atoms with van der Waals surface area (Å²) < 4.78 is 0. The zero-order valence-electron chi connectivity index (χ0n) is 17.0. The highest BCUT2D eigenvalue weighted by Gasteiger charge is 2.28. The van der Waals surface area contributed by atoms with Crippen molar-refractivity contribution in [2.75, 3.05) is 18.0 Å². The molecule has 0 spiro atoms. The van der Waals surface area contributed by atoms with Gasteiger partial charge in [-0.25, -0.2) is 24.9 Å². The lowest BCUT2D eigenvalue weighted by Crippen LogP contribution is -2.37. The minimum absolute atomic E-state index is 0.0419. The van der Waals surface area contributed by atoms with Gasteiger partial charge in [0, 0.05) is 43.6 Å². The van der Waals surface area contributed by atoms with E-state index in [0.717, 1.165) is 52.9 Å². The third-order valence-electron chi connectivity index (χ3n) is 5.46. The third-order valence-corrected chi connectivity index (χ3v) is 6.56. The summed E-state index contributed by atoms with van der Waals surface area (Å²) in [5.41, 5.74) is 2.39. The zero-order chi connectivity index (χ0) is 20.7. The number of thiazole rings is 1. The minimum Gasteiger partial charge on any atom is -0.347 e. The lowest BCUT2D eigenvalue weighted by molar-refractivity contribution is 0.0939. The Morgan fingerprint density at radius 1 is 1.13 bits per heavy atom. The summed E-state index contributed by atoms with van der Waals surface area (Å²) in [5.74, 6) is 1.89. The Labute approximate surface area is 178 Å². The van der Waals surface area contributed by atoms with Crippen molar-refractivity contribution in [3.05, 3.63) is 46.7 Å². The number of hydrogen-bond donors (Lipinski definition) is 1. The molecule has 5 rings (SSSR count). The maximum absolute atomic E-state index is 12.6. The largest absolute Gasteiger partial charge is 0.347 e. The molecule has 1 unspecified atom stereocenters. The monoisotopic (exact) mass is 421 g/mol. The van der Waals surface area contributed by atoms with Gasteiger partial charge < -0.3 is 10.2 Å². The van der Waals surface area contributed by atoms with Gasteiger partial charge in [-0.15, -0.1) is 11.3 Å². The Balaban J connectivity index is 1.24. The van der Waals surface area contributed by atoms with Crippen LogP contribution in [0.5, 0.6) is 0 Å². The number of rotatable bonds is 5. The maximum Gasteiger partial charge on any atom is 0.254 e. The van der Waals surface area contributed by atoms with Gasteiger partial charge in [-0.3, -0.25) is 4.79 Å². The molecule has 1 saturated carbocycles. The van der Waals surface area contributed by atoms with E-state index in [4.69, 9.17) is 4.98 Å². The van der Waals surface area contributed by atoms with Crippen LogP contribution in [0, 0.1) is 13.8 Å². The predicted octanol–water partition coefficient (Wildman–Crippen LogP) is 2.89. The third kappa shape index (κ3) is 3.89. The number of hydrogen-bond acceptors (Lipinski definition) is 8. The smallest absolute Gasteiger partial charge is 0.254 e. The molecule has 154 valence electrons. The standard InChI is InChI=1S/C21H23N7OS/c1-12-18(30-13(2)25-12)17-5-7-22-21(27-17)28-8-6-16(11-28)26-20(29)15-9-23-19(24-10-15)14-3-4-14/h5,7,9-10,14,16H,3-4,6,8,11H2,1-2H3,(H,26,29). The second-order valence-electron chi connectivity index (χ2n) is 7.90. The van der Waals surface area contributed by atoms with Crippen molar-refractivity contribution in [1.29, 1.82) is 0 Å². The predicted molar refractivity (Wildman–Crippen MR) is 115 cm³/mol. The molecule has 2 fully saturated rings. The van der Waals surface area contributed by atoms with Crippen LogP contribution in [-0.4, -0.2) is 50.0 Å². The van der Waals surface area contributed by atoms with Crippen LogP contribution in [-0.2, 0) is 0 Å². The second-order valence-corrected chi connectivity index (χ2v) is 9.10. The van der Waals surface area contributed by atoms with Crippen LogP contribution in [0.15, 0.2) is 24.7 Å². The molecule has 0 bridgehead atoms. The van der Waals surface area contributed by atoms with Crippen LogP contribution >= 0.6 is 11.3 Å². The molecular formula is C21H23N7OS. The van der Waals surface area contributed by atoms with Crippen LogP contribution in [0.1, 0.15) is 52.1 Å². The summed E-state index contributed by atoms with van der Waals surface area (Å²) in [6, 6.07) is 1.96. The van der Waals surface area contributed by atoms with E-state index in [-0.39, 0.29) is 11.9 Å². The molecule has 3 aromatic rings. The molecule has 1 aliphatic heterocycles. The van der Waals surface area contributed by atoms with E-state index in [0.29, 0.717) is 24.0 Å². The highest BCUT2D eigenvalue weighted by molar-refractivity contribution is 7.15. The molecule has 1 aliphatic carbocycles. The quantitative estimate of drug-likeness (QED) is 0.676. The molecule has 1 saturated heterocycles. The first kappa shape index (κ1) is 19.0. The minimum atomic E-state index is -0.130.